The number of ether oxygens (including phenoxy) is 3. The zero-order chi connectivity index (χ0) is 20.6. The monoisotopic (exact) mass is 518 g/mol. The first-order valence-electron chi connectivity index (χ1n) is 8.61. The Morgan fingerprint density at radius 1 is 0.862 bits per heavy atom. The molecule has 0 amide bonds. The largest absolute Gasteiger partial charge is 0.481 e. The van der Waals surface area contributed by atoms with Crippen LogP contribution in [0.5, 0.6) is 11.5 Å². The minimum atomic E-state index is -0.556. The van der Waals surface area contributed by atoms with Crippen LogP contribution in [0, 0.1) is 0 Å². The van der Waals surface area contributed by atoms with E-state index < -0.39 is 11.9 Å². The van der Waals surface area contributed by atoms with E-state index >= 15 is 0 Å². The van der Waals surface area contributed by atoms with Crippen LogP contribution >= 0.6 is 31.9 Å². The Hall–Kier alpha value is -2.64. The number of hydrogen-bond acceptors (Lipinski definition) is 5. The molecule has 148 valence electrons. The minimum absolute atomic E-state index is 0.194. The van der Waals surface area contributed by atoms with Crippen molar-refractivity contribution in [2.24, 2.45) is 0 Å². The lowest BCUT2D eigenvalue weighted by molar-refractivity contribution is -0.136. The van der Waals surface area contributed by atoms with Crippen molar-refractivity contribution in [3.8, 4) is 11.5 Å². The summed E-state index contributed by atoms with van der Waals surface area (Å²) in [6, 6.07) is 20.9. The first kappa shape index (κ1) is 21.1. The Bertz CT molecular complexity index is 988. The van der Waals surface area contributed by atoms with Gasteiger partial charge in [0.15, 0.2) is 6.61 Å². The Morgan fingerprint density at radius 2 is 1.59 bits per heavy atom. The van der Waals surface area contributed by atoms with Crippen molar-refractivity contribution in [2.45, 2.75) is 6.61 Å². The molecule has 7 heteroatoms. The molecule has 0 spiro atoms. The molecular weight excluding hydrogens is 504 g/mol. The number of carbonyl (C=O) groups is 2. The third-order valence-electron chi connectivity index (χ3n) is 3.77. The smallest absolute Gasteiger partial charge is 0.349 e. The molecule has 3 rings (SSSR count). The van der Waals surface area contributed by atoms with Gasteiger partial charge in [-0.05, 0) is 64.0 Å². The first-order valence-corrected chi connectivity index (χ1v) is 10.2. The molecule has 0 radical (unpaired) electrons. The van der Waals surface area contributed by atoms with Crippen LogP contribution in [-0.4, -0.2) is 18.5 Å². The second-order valence-corrected chi connectivity index (χ2v) is 7.69. The summed E-state index contributed by atoms with van der Waals surface area (Å²) in [5, 5.41) is 0. The molecule has 0 saturated heterocycles. The van der Waals surface area contributed by atoms with Crippen LogP contribution in [0.2, 0.25) is 0 Å². The molecular formula is C22H16Br2O5. The van der Waals surface area contributed by atoms with Crippen molar-refractivity contribution in [1.82, 2.24) is 0 Å². The summed E-state index contributed by atoms with van der Waals surface area (Å²) in [4.78, 5) is 24.1. The molecule has 0 bridgehead atoms. The number of benzene rings is 3. The Morgan fingerprint density at radius 3 is 2.28 bits per heavy atom. The molecule has 0 atom stereocenters. The molecule has 5 nitrogen and oxygen atoms in total. The standard InChI is InChI=1S/C22H16Br2O5/c23-17-8-11-20(19(24)12-17)27-14-21(25)29-18-9-6-16(7-10-18)22(26)28-13-15-4-2-1-3-5-15/h1-12H,13-14H2. The van der Waals surface area contributed by atoms with Gasteiger partial charge in [-0.25, -0.2) is 9.59 Å². The van der Waals surface area contributed by atoms with Crippen LogP contribution in [0.15, 0.2) is 81.7 Å². The third-order valence-corrected chi connectivity index (χ3v) is 4.89. The summed E-state index contributed by atoms with van der Waals surface area (Å²) in [6.45, 7) is -0.0551. The van der Waals surface area contributed by atoms with Gasteiger partial charge in [-0.15, -0.1) is 0 Å². The number of halogens is 2. The molecule has 3 aromatic carbocycles. The zero-order valence-electron chi connectivity index (χ0n) is 15.1. The van der Waals surface area contributed by atoms with Gasteiger partial charge < -0.3 is 14.2 Å². The highest BCUT2D eigenvalue weighted by molar-refractivity contribution is 9.11. The lowest BCUT2D eigenvalue weighted by Gasteiger charge is -2.09. The maximum atomic E-state index is 12.1. The number of rotatable bonds is 7. The fraction of sp³-hybridized carbons (Fsp3) is 0.0909. The number of hydrogen-bond donors (Lipinski definition) is 0. The Balaban J connectivity index is 1.49. The molecule has 0 heterocycles. The highest BCUT2D eigenvalue weighted by Gasteiger charge is 2.11. The molecule has 0 aromatic heterocycles. The lowest BCUT2D eigenvalue weighted by atomic mass is 10.2. The second kappa shape index (κ2) is 10.2. The molecule has 0 aliphatic carbocycles. The Labute approximate surface area is 184 Å². The summed E-state index contributed by atoms with van der Waals surface area (Å²) >= 11 is 6.71. The van der Waals surface area contributed by atoms with Crippen molar-refractivity contribution < 1.29 is 23.8 Å². The van der Waals surface area contributed by atoms with Crippen LogP contribution in [0.1, 0.15) is 15.9 Å². The van der Waals surface area contributed by atoms with E-state index in [0.717, 1.165) is 14.5 Å². The SMILES string of the molecule is O=C(COc1ccc(Br)cc1Br)Oc1ccc(C(=O)OCc2ccccc2)cc1. The maximum absolute atomic E-state index is 12.1. The summed E-state index contributed by atoms with van der Waals surface area (Å²) in [7, 11) is 0. The molecule has 0 aliphatic rings. The molecule has 0 fully saturated rings. The highest BCUT2D eigenvalue weighted by atomic mass is 79.9. The molecule has 0 unspecified atom stereocenters. The summed E-state index contributed by atoms with van der Waals surface area (Å²) in [5.41, 5.74) is 1.28. The summed E-state index contributed by atoms with van der Waals surface area (Å²) in [5.74, 6) is -0.163. The van der Waals surface area contributed by atoms with Gasteiger partial charge in [0.1, 0.15) is 18.1 Å². The van der Waals surface area contributed by atoms with Gasteiger partial charge in [0, 0.05) is 4.47 Å². The predicted octanol–water partition coefficient (Wildman–Crippen LogP) is 5.55. The van der Waals surface area contributed by atoms with E-state index in [1.165, 1.54) is 12.1 Å². The maximum Gasteiger partial charge on any atom is 0.349 e. The predicted molar refractivity (Wildman–Crippen MR) is 115 cm³/mol. The summed E-state index contributed by atoms with van der Waals surface area (Å²) < 4.78 is 17.5. The van der Waals surface area contributed by atoms with E-state index in [4.69, 9.17) is 14.2 Å². The quantitative estimate of drug-likeness (QED) is 0.302. The third kappa shape index (κ3) is 6.44. The fourth-order valence-electron chi connectivity index (χ4n) is 2.36. The Kier molecular flexibility index (Phi) is 7.43. The molecule has 0 aliphatic heterocycles. The van der Waals surface area contributed by atoms with E-state index in [9.17, 15) is 9.59 Å². The zero-order valence-corrected chi connectivity index (χ0v) is 18.3. The van der Waals surface area contributed by atoms with Crippen LogP contribution in [-0.2, 0) is 16.1 Å². The van der Waals surface area contributed by atoms with Gasteiger partial charge in [0.25, 0.3) is 0 Å². The van der Waals surface area contributed by atoms with Crippen LogP contribution in [0.25, 0.3) is 0 Å². The molecule has 0 saturated carbocycles. The topological polar surface area (TPSA) is 61.8 Å². The van der Waals surface area contributed by atoms with E-state index in [1.54, 1.807) is 24.3 Å². The average molecular weight is 520 g/mol. The molecule has 0 N–H and O–H groups in total. The lowest BCUT2D eigenvalue weighted by Crippen LogP contribution is -2.17. The van der Waals surface area contributed by atoms with Crippen LogP contribution in [0.3, 0.4) is 0 Å². The summed E-state index contributed by atoms with van der Waals surface area (Å²) in [6.07, 6.45) is 0. The molecule has 3 aromatic rings. The van der Waals surface area contributed by atoms with Gasteiger partial charge in [-0.2, -0.15) is 0 Å². The van der Waals surface area contributed by atoms with E-state index in [-0.39, 0.29) is 13.2 Å². The van der Waals surface area contributed by atoms with E-state index in [0.29, 0.717) is 17.1 Å². The van der Waals surface area contributed by atoms with Crippen molar-refractivity contribution in [1.29, 1.82) is 0 Å². The van der Waals surface area contributed by atoms with Crippen LogP contribution in [0.4, 0.5) is 0 Å². The fourth-order valence-corrected chi connectivity index (χ4v) is 3.52. The second-order valence-electron chi connectivity index (χ2n) is 5.92. The van der Waals surface area contributed by atoms with Crippen LogP contribution < -0.4 is 9.47 Å². The normalized spacial score (nSPS) is 10.3. The highest BCUT2D eigenvalue weighted by Crippen LogP contribution is 2.28. The van der Waals surface area contributed by atoms with Crippen molar-refractivity contribution in [3.63, 3.8) is 0 Å². The molecule has 29 heavy (non-hydrogen) atoms. The van der Waals surface area contributed by atoms with Gasteiger partial charge in [-0.1, -0.05) is 46.3 Å². The first-order chi connectivity index (χ1) is 14.0. The van der Waals surface area contributed by atoms with Gasteiger partial charge in [-0.3, -0.25) is 0 Å². The van der Waals surface area contributed by atoms with E-state index in [1.807, 2.05) is 36.4 Å². The van der Waals surface area contributed by atoms with E-state index in [2.05, 4.69) is 31.9 Å². The van der Waals surface area contributed by atoms with Gasteiger partial charge in [0.2, 0.25) is 0 Å². The van der Waals surface area contributed by atoms with Crippen molar-refractivity contribution in [3.05, 3.63) is 92.9 Å². The average Bonchev–Trinajstić information content (AvgIpc) is 2.72. The van der Waals surface area contributed by atoms with Crippen molar-refractivity contribution in [2.75, 3.05) is 6.61 Å². The van der Waals surface area contributed by atoms with Gasteiger partial charge >= 0.3 is 11.9 Å². The van der Waals surface area contributed by atoms with Gasteiger partial charge in [0.05, 0.1) is 10.0 Å². The number of esters is 2. The minimum Gasteiger partial charge on any atom is -0.481 e. The van der Waals surface area contributed by atoms with Crippen molar-refractivity contribution >= 4 is 43.8 Å². The number of carbonyl (C=O) groups excluding carboxylic acids is 2.